The van der Waals surface area contributed by atoms with E-state index >= 15 is 0 Å². The van der Waals surface area contributed by atoms with Gasteiger partial charge in [0.05, 0.1) is 0 Å². The molecule has 120 valence electrons. The number of nitrogens with zero attached hydrogens (tertiary/aromatic N) is 1. The third kappa shape index (κ3) is 6.49. The summed E-state index contributed by atoms with van der Waals surface area (Å²) in [6.45, 7) is 5.00. The van der Waals surface area contributed by atoms with E-state index in [1.807, 2.05) is 0 Å². The van der Waals surface area contributed by atoms with Crippen molar-refractivity contribution >= 4 is 10.2 Å². The first-order valence-electron chi connectivity index (χ1n) is 7.53. The third-order valence-electron chi connectivity index (χ3n) is 3.56. The van der Waals surface area contributed by atoms with Gasteiger partial charge in [-0.3, -0.25) is 0 Å². The molecule has 1 heterocycles. The van der Waals surface area contributed by atoms with E-state index in [0.717, 1.165) is 32.3 Å². The Balaban J connectivity index is 2.15. The van der Waals surface area contributed by atoms with E-state index < -0.39 is 10.2 Å². The van der Waals surface area contributed by atoms with Gasteiger partial charge in [0.2, 0.25) is 0 Å². The van der Waals surface area contributed by atoms with Crippen molar-refractivity contribution in [2.75, 3.05) is 39.5 Å². The number of aliphatic hydroxyl groups is 1. The topological polar surface area (TPSA) is 78.9 Å². The van der Waals surface area contributed by atoms with Crippen molar-refractivity contribution in [3.05, 3.63) is 0 Å². The van der Waals surface area contributed by atoms with Crippen LogP contribution in [0.3, 0.4) is 0 Å². The minimum atomic E-state index is -3.37. The monoisotopic (exact) mass is 308 g/mol. The van der Waals surface area contributed by atoms with Gasteiger partial charge in [-0.15, -0.1) is 0 Å². The highest BCUT2D eigenvalue weighted by Gasteiger charge is 2.26. The molecule has 6 nitrogen and oxygen atoms in total. The SMILES string of the molecule is CCCCOCCCNS(=O)(=O)N1CCC(CO)CC1. The second-order valence-corrected chi connectivity index (χ2v) is 7.00. The highest BCUT2D eigenvalue weighted by Crippen LogP contribution is 2.18. The predicted octanol–water partition coefficient (Wildman–Crippen LogP) is 0.732. The van der Waals surface area contributed by atoms with E-state index in [0.29, 0.717) is 32.7 Å². The Kier molecular flexibility index (Phi) is 8.63. The molecule has 0 saturated carbocycles. The summed E-state index contributed by atoms with van der Waals surface area (Å²) in [5.74, 6) is 0.244. The van der Waals surface area contributed by atoms with Crippen molar-refractivity contribution in [1.29, 1.82) is 0 Å². The molecule has 7 heteroatoms. The number of hydrogen-bond donors (Lipinski definition) is 2. The minimum Gasteiger partial charge on any atom is -0.396 e. The second-order valence-electron chi connectivity index (χ2n) is 5.24. The van der Waals surface area contributed by atoms with E-state index in [9.17, 15) is 8.42 Å². The number of nitrogens with one attached hydrogen (secondary N) is 1. The third-order valence-corrected chi connectivity index (χ3v) is 5.18. The summed E-state index contributed by atoms with van der Waals surface area (Å²) in [6.07, 6.45) is 4.31. The molecular formula is C13H28N2O4S. The average molecular weight is 308 g/mol. The normalized spacial score (nSPS) is 18.5. The van der Waals surface area contributed by atoms with E-state index in [4.69, 9.17) is 9.84 Å². The molecule has 20 heavy (non-hydrogen) atoms. The number of rotatable bonds is 10. The fraction of sp³-hybridized carbons (Fsp3) is 1.00. The Bertz CT molecular complexity index is 340. The van der Waals surface area contributed by atoms with Crippen molar-refractivity contribution in [2.45, 2.75) is 39.0 Å². The molecular weight excluding hydrogens is 280 g/mol. The molecule has 1 fully saturated rings. The summed E-state index contributed by atoms with van der Waals surface area (Å²) in [7, 11) is -3.37. The van der Waals surface area contributed by atoms with Crippen molar-refractivity contribution in [3.63, 3.8) is 0 Å². The summed E-state index contributed by atoms with van der Waals surface area (Å²) in [5, 5.41) is 9.04. The molecule has 0 unspecified atom stereocenters. The molecule has 0 spiro atoms. The molecule has 0 bridgehead atoms. The van der Waals surface area contributed by atoms with Gasteiger partial charge >= 0.3 is 0 Å². The van der Waals surface area contributed by atoms with Gasteiger partial charge in [-0.2, -0.15) is 12.7 Å². The van der Waals surface area contributed by atoms with Gasteiger partial charge < -0.3 is 9.84 Å². The van der Waals surface area contributed by atoms with Crippen LogP contribution in [0.15, 0.2) is 0 Å². The Labute approximate surface area is 122 Å². The molecule has 1 aliphatic rings. The summed E-state index contributed by atoms with van der Waals surface area (Å²) < 4.78 is 33.5. The van der Waals surface area contributed by atoms with E-state index in [-0.39, 0.29) is 12.5 Å². The van der Waals surface area contributed by atoms with Gasteiger partial charge in [0.1, 0.15) is 0 Å². The first-order valence-corrected chi connectivity index (χ1v) is 8.97. The van der Waals surface area contributed by atoms with Crippen molar-refractivity contribution in [3.8, 4) is 0 Å². The maximum absolute atomic E-state index is 12.0. The zero-order valence-electron chi connectivity index (χ0n) is 12.4. The second kappa shape index (κ2) is 9.68. The van der Waals surface area contributed by atoms with Gasteiger partial charge in [-0.1, -0.05) is 13.3 Å². The van der Waals surface area contributed by atoms with Gasteiger partial charge in [0.15, 0.2) is 0 Å². The van der Waals surface area contributed by atoms with E-state index in [1.165, 1.54) is 4.31 Å². The molecule has 0 atom stereocenters. The van der Waals surface area contributed by atoms with Crippen LogP contribution < -0.4 is 4.72 Å². The smallest absolute Gasteiger partial charge is 0.279 e. The van der Waals surface area contributed by atoms with Crippen LogP contribution in [0, 0.1) is 5.92 Å². The maximum Gasteiger partial charge on any atom is 0.279 e. The van der Waals surface area contributed by atoms with E-state index in [2.05, 4.69) is 11.6 Å². The standard InChI is InChI=1S/C13H28N2O4S/c1-2-3-10-19-11-4-7-14-20(17,18)15-8-5-13(12-16)6-9-15/h13-14,16H,2-12H2,1H3. The Morgan fingerprint density at radius 1 is 1.25 bits per heavy atom. The molecule has 0 aromatic rings. The summed E-state index contributed by atoms with van der Waals surface area (Å²) in [6, 6.07) is 0. The Morgan fingerprint density at radius 2 is 1.90 bits per heavy atom. The van der Waals surface area contributed by atoms with Crippen LogP contribution in [0.2, 0.25) is 0 Å². The van der Waals surface area contributed by atoms with Crippen molar-refractivity contribution in [2.24, 2.45) is 5.92 Å². The number of aliphatic hydroxyl groups excluding tert-OH is 1. The lowest BCUT2D eigenvalue weighted by Crippen LogP contribution is -2.45. The number of piperidine rings is 1. The van der Waals surface area contributed by atoms with Crippen LogP contribution >= 0.6 is 0 Å². The average Bonchev–Trinajstić information content (AvgIpc) is 2.46. The minimum absolute atomic E-state index is 0.149. The van der Waals surface area contributed by atoms with Crippen molar-refractivity contribution < 1.29 is 18.3 Å². The molecule has 0 aromatic carbocycles. The van der Waals surface area contributed by atoms with E-state index in [1.54, 1.807) is 0 Å². The van der Waals surface area contributed by atoms with Gasteiger partial charge in [-0.25, -0.2) is 4.72 Å². The molecule has 1 aliphatic heterocycles. The highest BCUT2D eigenvalue weighted by atomic mass is 32.2. The van der Waals surface area contributed by atoms with Gasteiger partial charge in [0, 0.05) is 39.5 Å². The van der Waals surface area contributed by atoms with Crippen LogP contribution in [0.4, 0.5) is 0 Å². The fourth-order valence-electron chi connectivity index (χ4n) is 2.15. The van der Waals surface area contributed by atoms with Gasteiger partial charge in [-0.05, 0) is 31.6 Å². The van der Waals surface area contributed by atoms with Crippen LogP contribution in [0.5, 0.6) is 0 Å². The first-order chi connectivity index (χ1) is 9.60. The Hall–Kier alpha value is -0.210. The number of unbranched alkanes of at least 4 members (excludes halogenated alkanes) is 1. The van der Waals surface area contributed by atoms with Gasteiger partial charge in [0.25, 0.3) is 10.2 Å². The largest absolute Gasteiger partial charge is 0.396 e. The Morgan fingerprint density at radius 3 is 2.50 bits per heavy atom. The summed E-state index contributed by atoms with van der Waals surface area (Å²) >= 11 is 0. The van der Waals surface area contributed by atoms with Crippen LogP contribution in [0.1, 0.15) is 39.0 Å². The highest BCUT2D eigenvalue weighted by molar-refractivity contribution is 7.87. The first kappa shape index (κ1) is 17.8. The number of hydrogen-bond acceptors (Lipinski definition) is 4. The summed E-state index contributed by atoms with van der Waals surface area (Å²) in [5.41, 5.74) is 0. The zero-order valence-corrected chi connectivity index (χ0v) is 13.2. The number of ether oxygens (including phenoxy) is 1. The quantitative estimate of drug-likeness (QED) is 0.583. The molecule has 1 rings (SSSR count). The zero-order chi connectivity index (χ0) is 14.8. The van der Waals surface area contributed by atoms with Crippen molar-refractivity contribution in [1.82, 2.24) is 9.03 Å². The van der Waals surface area contributed by atoms with Crippen LogP contribution in [-0.2, 0) is 14.9 Å². The molecule has 0 amide bonds. The molecule has 0 aliphatic carbocycles. The van der Waals surface area contributed by atoms with Crippen LogP contribution in [-0.4, -0.2) is 57.3 Å². The fourth-order valence-corrected chi connectivity index (χ4v) is 3.42. The molecule has 2 N–H and O–H groups in total. The molecule has 1 saturated heterocycles. The van der Waals surface area contributed by atoms with Crippen LogP contribution in [0.25, 0.3) is 0 Å². The lowest BCUT2D eigenvalue weighted by Gasteiger charge is -2.30. The lowest BCUT2D eigenvalue weighted by molar-refractivity contribution is 0.129. The summed E-state index contributed by atoms with van der Waals surface area (Å²) in [4.78, 5) is 0. The molecule has 0 radical (unpaired) electrons. The predicted molar refractivity (Wildman–Crippen MR) is 78.6 cm³/mol. The maximum atomic E-state index is 12.0. The molecule has 0 aromatic heterocycles. The lowest BCUT2D eigenvalue weighted by atomic mass is 10.00.